The van der Waals surface area contributed by atoms with Gasteiger partial charge in [-0.2, -0.15) is 5.26 Å². The van der Waals surface area contributed by atoms with Crippen LogP contribution >= 0.6 is 15.9 Å². The molecule has 0 spiro atoms. The van der Waals surface area contributed by atoms with Crippen LogP contribution in [0.25, 0.3) is 10.9 Å². The third-order valence-electron chi connectivity index (χ3n) is 2.00. The highest BCUT2D eigenvalue weighted by molar-refractivity contribution is 9.10. The van der Waals surface area contributed by atoms with Gasteiger partial charge in [-0.25, -0.2) is 0 Å². The largest absolute Gasteiger partial charge is 0.255 e. The highest BCUT2D eigenvalue weighted by atomic mass is 79.9. The van der Waals surface area contributed by atoms with E-state index in [2.05, 4.69) is 27.0 Å². The molecule has 2 nitrogen and oxygen atoms in total. The molecule has 0 saturated carbocycles. The lowest BCUT2D eigenvalue weighted by molar-refractivity contribution is 1.22. The molecule has 2 aromatic rings. The molecular weight excluding hydrogens is 240 g/mol. The summed E-state index contributed by atoms with van der Waals surface area (Å²) in [7, 11) is 0. The Labute approximate surface area is 90.3 Å². The van der Waals surface area contributed by atoms with E-state index in [4.69, 9.17) is 5.26 Å². The van der Waals surface area contributed by atoms with Gasteiger partial charge in [-0.1, -0.05) is 12.1 Å². The fourth-order valence-corrected chi connectivity index (χ4v) is 1.84. The molecule has 0 radical (unpaired) electrons. The minimum Gasteiger partial charge on any atom is -0.255 e. The fourth-order valence-electron chi connectivity index (χ4n) is 1.36. The Hall–Kier alpha value is -1.40. The molecule has 14 heavy (non-hydrogen) atoms. The summed E-state index contributed by atoms with van der Waals surface area (Å²) in [6.07, 6.45) is 2.16. The quantitative estimate of drug-likeness (QED) is 0.776. The second kappa shape index (κ2) is 3.77. The monoisotopic (exact) mass is 246 g/mol. The summed E-state index contributed by atoms with van der Waals surface area (Å²) in [6, 6.07) is 10.0. The topological polar surface area (TPSA) is 36.7 Å². The van der Waals surface area contributed by atoms with Crippen LogP contribution in [0.15, 0.2) is 34.9 Å². The normalized spacial score (nSPS) is 10.0. The number of aromatic nitrogens is 1. The fraction of sp³-hybridized carbons (Fsp3) is 0.0909. The van der Waals surface area contributed by atoms with Gasteiger partial charge in [0, 0.05) is 16.1 Å². The number of benzene rings is 1. The molecule has 2 rings (SSSR count). The Balaban J connectivity index is 2.63. The van der Waals surface area contributed by atoms with Crippen molar-refractivity contribution < 1.29 is 0 Å². The number of hydrogen-bond donors (Lipinski definition) is 0. The first-order valence-electron chi connectivity index (χ1n) is 4.21. The maximum atomic E-state index is 8.56. The number of para-hydroxylation sites is 1. The van der Waals surface area contributed by atoms with E-state index in [1.165, 1.54) is 0 Å². The van der Waals surface area contributed by atoms with Gasteiger partial charge in [-0.3, -0.25) is 4.98 Å². The summed E-state index contributed by atoms with van der Waals surface area (Å²) in [5.74, 6) is 0. The highest BCUT2D eigenvalue weighted by Gasteiger charge is 2.00. The van der Waals surface area contributed by atoms with Crippen molar-refractivity contribution in [2.75, 3.05) is 0 Å². The van der Waals surface area contributed by atoms with E-state index in [-0.39, 0.29) is 0 Å². The molecule has 0 unspecified atom stereocenters. The Morgan fingerprint density at radius 2 is 2.29 bits per heavy atom. The van der Waals surface area contributed by atoms with Crippen molar-refractivity contribution in [3.8, 4) is 6.07 Å². The highest BCUT2D eigenvalue weighted by Crippen LogP contribution is 2.22. The average molecular weight is 247 g/mol. The van der Waals surface area contributed by atoms with Crippen LogP contribution in [0.3, 0.4) is 0 Å². The van der Waals surface area contributed by atoms with E-state index >= 15 is 0 Å². The number of nitriles is 1. The molecular formula is C11H7BrN2. The summed E-state index contributed by atoms with van der Waals surface area (Å²) in [6.45, 7) is 0. The standard InChI is InChI=1S/C11H7BrN2/c12-10-3-1-2-9-6-8(4-5-13)7-14-11(9)10/h1-3,6-7H,4H2. The molecule has 1 heterocycles. The molecule has 0 aliphatic rings. The molecule has 3 heteroatoms. The van der Waals surface area contributed by atoms with Gasteiger partial charge in [-0.15, -0.1) is 0 Å². The van der Waals surface area contributed by atoms with Crippen LogP contribution in [0.4, 0.5) is 0 Å². The van der Waals surface area contributed by atoms with Gasteiger partial charge >= 0.3 is 0 Å². The van der Waals surface area contributed by atoms with E-state index in [0.717, 1.165) is 20.9 Å². The average Bonchev–Trinajstić information content (AvgIpc) is 2.18. The molecule has 68 valence electrons. The number of fused-ring (bicyclic) bond motifs is 1. The molecule has 0 saturated heterocycles. The van der Waals surface area contributed by atoms with Gasteiger partial charge in [0.1, 0.15) is 0 Å². The number of rotatable bonds is 1. The lowest BCUT2D eigenvalue weighted by Gasteiger charge is -2.00. The maximum Gasteiger partial charge on any atom is 0.0844 e. The van der Waals surface area contributed by atoms with Crippen molar-refractivity contribution in [3.63, 3.8) is 0 Å². The van der Waals surface area contributed by atoms with Gasteiger partial charge in [0.2, 0.25) is 0 Å². The molecule has 1 aromatic heterocycles. The Kier molecular flexibility index (Phi) is 2.47. The minimum atomic E-state index is 0.412. The Morgan fingerprint density at radius 3 is 3.07 bits per heavy atom. The first-order valence-corrected chi connectivity index (χ1v) is 5.00. The van der Waals surface area contributed by atoms with E-state index < -0.39 is 0 Å². The van der Waals surface area contributed by atoms with Crippen LogP contribution in [-0.2, 0) is 6.42 Å². The van der Waals surface area contributed by atoms with Crippen LogP contribution in [0, 0.1) is 11.3 Å². The van der Waals surface area contributed by atoms with Crippen molar-refractivity contribution in [2.24, 2.45) is 0 Å². The zero-order chi connectivity index (χ0) is 9.97. The third-order valence-corrected chi connectivity index (χ3v) is 2.64. The molecule has 0 N–H and O–H groups in total. The summed E-state index contributed by atoms with van der Waals surface area (Å²) in [5.41, 5.74) is 1.90. The van der Waals surface area contributed by atoms with Crippen molar-refractivity contribution in [3.05, 3.63) is 40.5 Å². The van der Waals surface area contributed by atoms with Crippen molar-refractivity contribution >= 4 is 26.8 Å². The summed E-state index contributed by atoms with van der Waals surface area (Å²) in [5, 5.41) is 9.62. The van der Waals surface area contributed by atoms with Crippen LogP contribution < -0.4 is 0 Å². The van der Waals surface area contributed by atoms with Crippen LogP contribution in [-0.4, -0.2) is 4.98 Å². The first-order chi connectivity index (χ1) is 6.81. The van der Waals surface area contributed by atoms with Gasteiger partial charge in [0.15, 0.2) is 0 Å². The van der Waals surface area contributed by atoms with Crippen LogP contribution in [0.1, 0.15) is 5.56 Å². The summed E-state index contributed by atoms with van der Waals surface area (Å²) in [4.78, 5) is 4.30. The van der Waals surface area contributed by atoms with Gasteiger partial charge in [0.05, 0.1) is 18.0 Å². The van der Waals surface area contributed by atoms with Gasteiger partial charge < -0.3 is 0 Å². The second-order valence-electron chi connectivity index (χ2n) is 2.99. The molecule has 0 aliphatic carbocycles. The summed E-state index contributed by atoms with van der Waals surface area (Å²) < 4.78 is 0.985. The number of halogens is 1. The summed E-state index contributed by atoms with van der Waals surface area (Å²) >= 11 is 3.43. The van der Waals surface area contributed by atoms with E-state index in [9.17, 15) is 0 Å². The van der Waals surface area contributed by atoms with E-state index in [0.29, 0.717) is 6.42 Å². The molecule has 1 aromatic carbocycles. The van der Waals surface area contributed by atoms with Crippen molar-refractivity contribution in [2.45, 2.75) is 6.42 Å². The van der Waals surface area contributed by atoms with E-state index in [1.54, 1.807) is 6.20 Å². The van der Waals surface area contributed by atoms with Crippen molar-refractivity contribution in [1.82, 2.24) is 4.98 Å². The molecule has 0 amide bonds. The number of hydrogen-bond acceptors (Lipinski definition) is 2. The molecule has 0 atom stereocenters. The van der Waals surface area contributed by atoms with Crippen molar-refractivity contribution in [1.29, 1.82) is 5.26 Å². The zero-order valence-corrected chi connectivity index (χ0v) is 8.95. The number of pyridine rings is 1. The minimum absolute atomic E-state index is 0.412. The molecule has 0 aliphatic heterocycles. The maximum absolute atomic E-state index is 8.56. The smallest absolute Gasteiger partial charge is 0.0844 e. The third kappa shape index (κ3) is 1.61. The van der Waals surface area contributed by atoms with Gasteiger partial charge in [0.25, 0.3) is 0 Å². The SMILES string of the molecule is N#CCc1cnc2c(Br)cccc2c1. The Morgan fingerprint density at radius 1 is 1.43 bits per heavy atom. The predicted octanol–water partition coefficient (Wildman–Crippen LogP) is 3.06. The predicted molar refractivity (Wildman–Crippen MR) is 58.8 cm³/mol. The zero-order valence-electron chi connectivity index (χ0n) is 7.37. The van der Waals surface area contributed by atoms with E-state index in [1.807, 2.05) is 24.3 Å². The first kappa shape index (κ1) is 9.17. The Bertz CT molecular complexity index is 514. The van der Waals surface area contributed by atoms with Gasteiger partial charge in [-0.05, 0) is 33.6 Å². The second-order valence-corrected chi connectivity index (χ2v) is 3.84. The molecule has 0 bridgehead atoms. The van der Waals surface area contributed by atoms with Crippen LogP contribution in [0.2, 0.25) is 0 Å². The molecule has 0 fully saturated rings. The lowest BCUT2D eigenvalue weighted by Crippen LogP contribution is -1.86. The number of nitrogens with zero attached hydrogens (tertiary/aromatic N) is 2. The van der Waals surface area contributed by atoms with Crippen LogP contribution in [0.5, 0.6) is 0 Å². The lowest BCUT2D eigenvalue weighted by atomic mass is 10.1.